The minimum Gasteiger partial charge on any atom is -0.359 e. The largest absolute Gasteiger partial charge is 0.359 e. The number of piperazine rings is 1. The van der Waals surface area contributed by atoms with E-state index in [2.05, 4.69) is 97.1 Å². The average molecular weight is 577 g/mol. The lowest BCUT2D eigenvalue weighted by Crippen LogP contribution is -2.46. The maximum absolute atomic E-state index is 4.33. The van der Waals surface area contributed by atoms with Gasteiger partial charge < -0.3 is 15.5 Å². The van der Waals surface area contributed by atoms with Gasteiger partial charge in [-0.3, -0.25) is 4.90 Å². The molecule has 0 radical (unpaired) electrons. The number of nitrogens with zero attached hydrogens (tertiary/aromatic N) is 2. The third kappa shape index (κ3) is 9.84. The van der Waals surface area contributed by atoms with E-state index in [-0.39, 0.29) is 0 Å². The first-order chi connectivity index (χ1) is 20.7. The van der Waals surface area contributed by atoms with Crippen LogP contribution < -0.4 is 10.6 Å². The Morgan fingerprint density at radius 1 is 0.953 bits per heavy atom. The van der Waals surface area contributed by atoms with E-state index in [1.165, 1.54) is 66.8 Å². The number of rotatable bonds is 10. The maximum Gasteiger partial charge on any atom is 0.0432 e. The van der Waals surface area contributed by atoms with Crippen LogP contribution in [-0.4, -0.2) is 43.0 Å². The van der Waals surface area contributed by atoms with E-state index in [0.29, 0.717) is 6.04 Å². The molecule has 2 aromatic carbocycles. The molecule has 4 rings (SSSR count). The van der Waals surface area contributed by atoms with Crippen LogP contribution in [0.1, 0.15) is 61.9 Å². The fraction of sp³-hybridized carbons (Fsp3) is 0.333. The highest BCUT2D eigenvalue weighted by Gasteiger charge is 2.28. The Hall–Kier alpha value is -3.86. The standard InChI is InChI=1S/C27H36N4.C12H16/c1-19(2)28-26-18-24(11-9-20(26)3)29-21(4)22-10-12-25-23(17-22)7-6-8-27(25)31-15-13-30(5)14-16-31;1-5-8-10-12(7-3)11(4)9-6-2/h9-12,17-18,27-29H,1,4,6-8,13-16H2,2-3,5H3;5-10H,2-3H2,1,4H3/b;8-5-,11-9+,12-10+. The minimum atomic E-state index is 0.570. The molecule has 0 spiro atoms. The van der Waals surface area contributed by atoms with Gasteiger partial charge in [0.15, 0.2) is 0 Å². The van der Waals surface area contributed by atoms with Crippen molar-refractivity contribution in [1.82, 2.24) is 9.80 Å². The number of allylic oxidation sites excluding steroid dienone is 9. The lowest BCUT2D eigenvalue weighted by atomic mass is 9.85. The second kappa shape index (κ2) is 16.7. The molecule has 4 nitrogen and oxygen atoms in total. The highest BCUT2D eigenvalue weighted by molar-refractivity contribution is 5.78. The molecule has 1 unspecified atom stereocenters. The van der Waals surface area contributed by atoms with Crippen molar-refractivity contribution >= 4 is 17.1 Å². The van der Waals surface area contributed by atoms with E-state index in [1.807, 2.05) is 51.2 Å². The van der Waals surface area contributed by atoms with E-state index in [0.717, 1.165) is 34.8 Å². The Bertz CT molecular complexity index is 1380. The van der Waals surface area contributed by atoms with Crippen LogP contribution in [0.3, 0.4) is 0 Å². The van der Waals surface area contributed by atoms with Gasteiger partial charge in [0.2, 0.25) is 0 Å². The molecule has 43 heavy (non-hydrogen) atoms. The summed E-state index contributed by atoms with van der Waals surface area (Å²) >= 11 is 0. The van der Waals surface area contributed by atoms with Crippen LogP contribution >= 0.6 is 0 Å². The van der Waals surface area contributed by atoms with Crippen LogP contribution in [0.2, 0.25) is 0 Å². The zero-order valence-electron chi connectivity index (χ0n) is 27.2. The van der Waals surface area contributed by atoms with Crippen molar-refractivity contribution in [1.29, 1.82) is 0 Å². The summed E-state index contributed by atoms with van der Waals surface area (Å²) < 4.78 is 0. The minimum absolute atomic E-state index is 0.570. The van der Waals surface area contributed by atoms with Gasteiger partial charge in [0, 0.05) is 55.0 Å². The molecule has 1 heterocycles. The average Bonchev–Trinajstić information content (AvgIpc) is 2.99. The zero-order valence-corrected chi connectivity index (χ0v) is 27.2. The van der Waals surface area contributed by atoms with E-state index in [4.69, 9.17) is 0 Å². The molecule has 1 aliphatic heterocycles. The van der Waals surface area contributed by atoms with Crippen LogP contribution in [0.25, 0.3) is 5.70 Å². The lowest BCUT2D eigenvalue weighted by molar-refractivity contribution is 0.102. The lowest BCUT2D eigenvalue weighted by Gasteiger charge is -2.40. The second-order valence-corrected chi connectivity index (χ2v) is 11.6. The Balaban J connectivity index is 0.000000359. The van der Waals surface area contributed by atoms with Gasteiger partial charge in [-0.2, -0.15) is 0 Å². The monoisotopic (exact) mass is 576 g/mol. The molecule has 1 saturated heterocycles. The van der Waals surface area contributed by atoms with Crippen molar-refractivity contribution in [2.75, 3.05) is 43.9 Å². The van der Waals surface area contributed by atoms with Gasteiger partial charge in [0.25, 0.3) is 0 Å². The van der Waals surface area contributed by atoms with Crippen molar-refractivity contribution in [3.8, 4) is 0 Å². The summed E-state index contributed by atoms with van der Waals surface area (Å²) in [5, 5.41) is 6.84. The first-order valence-electron chi connectivity index (χ1n) is 15.5. The molecule has 1 aliphatic carbocycles. The highest BCUT2D eigenvalue weighted by Crippen LogP contribution is 2.36. The van der Waals surface area contributed by atoms with E-state index in [9.17, 15) is 0 Å². The molecule has 0 aromatic heterocycles. The van der Waals surface area contributed by atoms with Gasteiger partial charge in [0.05, 0.1) is 0 Å². The van der Waals surface area contributed by atoms with Crippen LogP contribution in [0.5, 0.6) is 0 Å². The second-order valence-electron chi connectivity index (χ2n) is 11.6. The molecule has 0 saturated carbocycles. The number of benzene rings is 2. The highest BCUT2D eigenvalue weighted by atomic mass is 15.3. The number of anilines is 2. The topological polar surface area (TPSA) is 30.5 Å². The van der Waals surface area contributed by atoms with Crippen LogP contribution in [0.4, 0.5) is 11.4 Å². The Kier molecular flexibility index (Phi) is 13.1. The predicted molar refractivity (Wildman–Crippen MR) is 191 cm³/mol. The normalized spacial score (nSPS) is 17.8. The van der Waals surface area contributed by atoms with Crippen LogP contribution in [-0.2, 0) is 6.42 Å². The molecule has 1 fully saturated rings. The van der Waals surface area contributed by atoms with Gasteiger partial charge in [-0.1, -0.05) is 81.0 Å². The van der Waals surface area contributed by atoms with Crippen molar-refractivity contribution in [2.24, 2.45) is 0 Å². The van der Waals surface area contributed by atoms with Crippen molar-refractivity contribution < 1.29 is 0 Å². The van der Waals surface area contributed by atoms with Crippen LogP contribution in [0.15, 0.2) is 116 Å². The van der Waals surface area contributed by atoms with Crippen molar-refractivity contribution in [3.63, 3.8) is 0 Å². The summed E-state index contributed by atoms with van der Waals surface area (Å²) in [6, 6.07) is 13.9. The van der Waals surface area contributed by atoms with E-state index >= 15 is 0 Å². The summed E-state index contributed by atoms with van der Waals surface area (Å²) in [6.07, 6.45) is 15.3. The third-order valence-corrected chi connectivity index (χ3v) is 8.14. The molecular weight excluding hydrogens is 524 g/mol. The summed E-state index contributed by atoms with van der Waals surface area (Å²) in [5.74, 6) is 0. The summed E-state index contributed by atoms with van der Waals surface area (Å²) in [7, 11) is 2.22. The van der Waals surface area contributed by atoms with Gasteiger partial charge in [-0.15, -0.1) is 0 Å². The number of nitrogens with one attached hydrogen (secondary N) is 2. The number of aryl methyl sites for hydroxylation is 2. The van der Waals surface area contributed by atoms with Gasteiger partial charge in [0.1, 0.15) is 0 Å². The fourth-order valence-electron chi connectivity index (χ4n) is 5.63. The molecule has 2 N–H and O–H groups in total. The number of likely N-dealkylation sites (N-methyl/N-ethyl adjacent to an activating group) is 1. The Morgan fingerprint density at radius 3 is 2.35 bits per heavy atom. The summed E-state index contributed by atoms with van der Waals surface area (Å²) in [4.78, 5) is 5.12. The molecule has 0 bridgehead atoms. The van der Waals surface area contributed by atoms with E-state index < -0.39 is 0 Å². The maximum atomic E-state index is 4.33. The molecule has 228 valence electrons. The quantitative estimate of drug-likeness (QED) is 0.276. The van der Waals surface area contributed by atoms with Gasteiger partial charge in [-0.05, 0) is 106 Å². The molecule has 4 heteroatoms. The predicted octanol–water partition coefficient (Wildman–Crippen LogP) is 9.46. The first-order valence-corrected chi connectivity index (χ1v) is 15.5. The smallest absolute Gasteiger partial charge is 0.0432 e. The number of fused-ring (bicyclic) bond motifs is 1. The number of hydrogen-bond donors (Lipinski definition) is 2. The number of hydrogen-bond acceptors (Lipinski definition) is 4. The van der Waals surface area contributed by atoms with Gasteiger partial charge in [-0.25, -0.2) is 0 Å². The van der Waals surface area contributed by atoms with E-state index in [1.54, 1.807) is 6.08 Å². The Labute approximate surface area is 261 Å². The molecule has 1 atom stereocenters. The Morgan fingerprint density at radius 2 is 1.70 bits per heavy atom. The summed E-state index contributed by atoms with van der Waals surface area (Å²) in [5.41, 5.74) is 11.7. The molecule has 2 aliphatic rings. The fourth-order valence-corrected chi connectivity index (χ4v) is 5.63. The van der Waals surface area contributed by atoms with Crippen LogP contribution in [0, 0.1) is 6.92 Å². The zero-order chi connectivity index (χ0) is 31.4. The molecule has 2 aromatic rings. The van der Waals surface area contributed by atoms with Gasteiger partial charge >= 0.3 is 0 Å². The third-order valence-electron chi connectivity index (χ3n) is 8.14. The van der Waals surface area contributed by atoms with Crippen molar-refractivity contribution in [2.45, 2.75) is 53.0 Å². The summed E-state index contributed by atoms with van der Waals surface area (Å²) in [6.45, 7) is 28.5. The first kappa shape index (κ1) is 33.6. The SMILES string of the molecule is C=C(C)Nc1cc(NC(=C)c2ccc3c(c2)CCCC3N2CCN(C)CC2)ccc1C.C=C/C=C(C)/C(C=C)=C/C=C\C. The molecular formula is C39H52N4. The molecule has 0 amide bonds. The van der Waals surface area contributed by atoms with Crippen molar-refractivity contribution in [3.05, 3.63) is 138 Å².